The second kappa shape index (κ2) is 17.5. The molecule has 0 saturated heterocycles. The van der Waals surface area contributed by atoms with E-state index in [1.165, 1.54) is 17.3 Å². The maximum atomic E-state index is 13.7. The molecule has 0 fully saturated rings. The molecule has 0 spiro atoms. The monoisotopic (exact) mass is 570 g/mol. The number of carbonyl (C=O) groups is 1. The molecule has 2 aliphatic rings. The first kappa shape index (κ1) is 32.2. The van der Waals surface area contributed by atoms with Crippen molar-refractivity contribution in [2.24, 2.45) is 9.98 Å². The number of unbranched alkanes of at least 4 members (excludes halogenated alkanes) is 1. The van der Waals surface area contributed by atoms with Gasteiger partial charge in [-0.15, -0.1) is 0 Å². The van der Waals surface area contributed by atoms with Gasteiger partial charge in [0.15, 0.2) is 0 Å². The number of anilines is 1. The lowest BCUT2D eigenvalue weighted by atomic mass is 10.1. The van der Waals surface area contributed by atoms with E-state index < -0.39 is 0 Å². The fraction of sp³-hybridized carbons (Fsp3) is 0.353. The summed E-state index contributed by atoms with van der Waals surface area (Å²) < 4.78 is 13.7. The van der Waals surface area contributed by atoms with E-state index in [9.17, 15) is 9.18 Å². The van der Waals surface area contributed by atoms with Crippen molar-refractivity contribution < 1.29 is 9.18 Å². The molecular formula is C34H43FN6O. The molecular weight excluding hydrogens is 527 g/mol. The standard InChI is InChI=1S/C34H43FN6O/c1-5-26(23-38-30(6-2)18-20-36-7-3)11-9-8-10-25(4)40-34(42)28-13-17-33(39-24-28)41-31-19-21-37-32-16-15-29(35)14-12-27(32)22-31/h10-13,15-21,24,38H,5-9,14,22-23H2,1-4H3,(H,39,41)(H,40,42)/b25-10?,26-11+,30-18+,36-20?. The van der Waals surface area contributed by atoms with Gasteiger partial charge >= 0.3 is 0 Å². The average Bonchev–Trinajstić information content (AvgIpc) is 3.29. The van der Waals surface area contributed by atoms with E-state index in [0.29, 0.717) is 17.8 Å². The normalized spacial score (nSPS) is 16.1. The molecule has 42 heavy (non-hydrogen) atoms. The highest BCUT2D eigenvalue weighted by Crippen LogP contribution is 2.27. The van der Waals surface area contributed by atoms with Crippen LogP contribution in [-0.4, -0.2) is 36.4 Å². The zero-order valence-corrected chi connectivity index (χ0v) is 25.2. The number of halogens is 1. The Morgan fingerprint density at radius 1 is 1.10 bits per heavy atom. The van der Waals surface area contributed by atoms with Crippen molar-refractivity contribution in [1.82, 2.24) is 15.6 Å². The molecule has 1 aromatic rings. The topological polar surface area (TPSA) is 90.8 Å². The molecule has 1 aliphatic carbocycles. The highest BCUT2D eigenvalue weighted by Gasteiger charge is 2.13. The van der Waals surface area contributed by atoms with E-state index in [2.05, 4.69) is 50.8 Å². The highest BCUT2D eigenvalue weighted by molar-refractivity contribution is 5.95. The Hall–Kier alpha value is -4.33. The number of hydrogen-bond donors (Lipinski definition) is 3. The van der Waals surface area contributed by atoms with Gasteiger partial charge < -0.3 is 16.0 Å². The van der Waals surface area contributed by atoms with Crippen LogP contribution in [0.4, 0.5) is 10.2 Å². The SMILES string of the molecule is CCN=C/C=C(\CC)NC/C(=C/CCC=C(C)NC(=O)c1ccc(NC2=CC=NC3=CC=C(F)CC=C3C2)nc1)CC. The Labute approximate surface area is 249 Å². The number of aromatic nitrogens is 1. The molecule has 0 atom stereocenters. The molecule has 1 amide bonds. The van der Waals surface area contributed by atoms with Crippen molar-refractivity contribution in [3.63, 3.8) is 0 Å². The number of aliphatic imine (C=N–C) groups is 2. The van der Waals surface area contributed by atoms with Crippen LogP contribution in [0.5, 0.6) is 0 Å². The molecule has 0 radical (unpaired) electrons. The average molecular weight is 571 g/mol. The van der Waals surface area contributed by atoms with E-state index in [4.69, 9.17) is 0 Å². The summed E-state index contributed by atoms with van der Waals surface area (Å²) in [4.78, 5) is 25.8. The Bertz CT molecular complexity index is 1360. The van der Waals surface area contributed by atoms with Crippen LogP contribution in [0.25, 0.3) is 0 Å². The van der Waals surface area contributed by atoms with Gasteiger partial charge in [-0.3, -0.25) is 14.8 Å². The molecule has 7 nitrogen and oxygen atoms in total. The number of nitrogens with zero attached hydrogens (tertiary/aromatic N) is 3. The van der Waals surface area contributed by atoms with Gasteiger partial charge in [0.25, 0.3) is 5.91 Å². The Kier molecular flexibility index (Phi) is 13.4. The molecule has 3 N–H and O–H groups in total. The van der Waals surface area contributed by atoms with Gasteiger partial charge in [-0.05, 0) is 81.5 Å². The van der Waals surface area contributed by atoms with Crippen molar-refractivity contribution in [1.29, 1.82) is 0 Å². The molecule has 0 saturated carbocycles. The maximum Gasteiger partial charge on any atom is 0.256 e. The summed E-state index contributed by atoms with van der Waals surface area (Å²) in [7, 11) is 0. The molecule has 0 aromatic carbocycles. The smallest absolute Gasteiger partial charge is 0.256 e. The van der Waals surface area contributed by atoms with Crippen molar-refractivity contribution in [3.05, 3.63) is 106 Å². The summed E-state index contributed by atoms with van der Waals surface area (Å²) in [5.74, 6) is 0.236. The molecule has 0 unspecified atom stereocenters. The zero-order valence-electron chi connectivity index (χ0n) is 25.2. The summed E-state index contributed by atoms with van der Waals surface area (Å²) in [6.07, 6.45) is 22.9. The molecule has 1 aromatic heterocycles. The number of hydrogen-bond acceptors (Lipinski definition) is 6. The number of amides is 1. The van der Waals surface area contributed by atoms with Crippen molar-refractivity contribution in [3.8, 4) is 0 Å². The lowest BCUT2D eigenvalue weighted by Gasteiger charge is -2.12. The minimum Gasteiger partial charge on any atom is -0.385 e. The number of allylic oxidation sites excluding steroid dienone is 12. The number of nitrogens with one attached hydrogen (secondary N) is 3. The number of rotatable bonds is 14. The third-order valence-electron chi connectivity index (χ3n) is 6.78. The second-order valence-electron chi connectivity index (χ2n) is 9.98. The fourth-order valence-electron chi connectivity index (χ4n) is 4.29. The van der Waals surface area contributed by atoms with E-state index in [1.54, 1.807) is 30.6 Å². The zero-order chi connectivity index (χ0) is 30.2. The largest absolute Gasteiger partial charge is 0.385 e. The minimum absolute atomic E-state index is 0.184. The van der Waals surface area contributed by atoms with Gasteiger partial charge in [-0.2, -0.15) is 0 Å². The van der Waals surface area contributed by atoms with Gasteiger partial charge in [-0.25, -0.2) is 9.37 Å². The Balaban J connectivity index is 1.47. The van der Waals surface area contributed by atoms with Crippen molar-refractivity contribution >= 4 is 24.2 Å². The van der Waals surface area contributed by atoms with Gasteiger partial charge in [0.2, 0.25) is 0 Å². The lowest BCUT2D eigenvalue weighted by Crippen LogP contribution is -2.21. The molecule has 1 aliphatic heterocycles. The van der Waals surface area contributed by atoms with Crippen LogP contribution in [0.3, 0.4) is 0 Å². The number of carbonyl (C=O) groups excluding carboxylic acids is 1. The number of fused-ring (bicyclic) bond motifs is 1. The number of pyridine rings is 1. The quantitative estimate of drug-likeness (QED) is 0.122. The first-order valence-corrected chi connectivity index (χ1v) is 14.7. The molecule has 0 bridgehead atoms. The van der Waals surface area contributed by atoms with E-state index >= 15 is 0 Å². The summed E-state index contributed by atoms with van der Waals surface area (Å²) in [6, 6.07) is 3.52. The van der Waals surface area contributed by atoms with Gasteiger partial charge in [-0.1, -0.05) is 37.6 Å². The minimum atomic E-state index is -0.198. The molecule has 2 heterocycles. The molecule has 222 valence electrons. The van der Waals surface area contributed by atoms with Crippen molar-refractivity contribution in [2.75, 3.05) is 18.4 Å². The van der Waals surface area contributed by atoms with Crippen LogP contribution in [0.2, 0.25) is 0 Å². The summed E-state index contributed by atoms with van der Waals surface area (Å²) >= 11 is 0. The first-order valence-electron chi connectivity index (χ1n) is 14.7. The highest BCUT2D eigenvalue weighted by atomic mass is 19.1. The van der Waals surface area contributed by atoms with E-state index in [1.807, 2.05) is 44.4 Å². The summed E-state index contributed by atoms with van der Waals surface area (Å²) in [5, 5.41) is 9.75. The van der Waals surface area contributed by atoms with Crippen molar-refractivity contribution in [2.45, 2.75) is 66.2 Å². The van der Waals surface area contributed by atoms with Gasteiger partial charge in [0.05, 0.1) is 11.3 Å². The Morgan fingerprint density at radius 3 is 2.67 bits per heavy atom. The summed E-state index contributed by atoms with van der Waals surface area (Å²) in [6.45, 7) is 9.84. The van der Waals surface area contributed by atoms with E-state index in [0.717, 1.165) is 61.4 Å². The predicted octanol–water partition coefficient (Wildman–Crippen LogP) is 7.64. The Morgan fingerprint density at radius 2 is 1.93 bits per heavy atom. The maximum absolute atomic E-state index is 13.7. The summed E-state index contributed by atoms with van der Waals surface area (Å²) in [5.41, 5.74) is 6.43. The molecule has 8 heteroatoms. The van der Waals surface area contributed by atoms with Gasteiger partial charge in [0, 0.05) is 61.6 Å². The molecule has 3 rings (SSSR count). The van der Waals surface area contributed by atoms with Crippen LogP contribution in [0, 0.1) is 0 Å². The van der Waals surface area contributed by atoms with Crippen LogP contribution in [0.1, 0.15) is 76.6 Å². The second-order valence-corrected chi connectivity index (χ2v) is 9.98. The fourth-order valence-corrected chi connectivity index (χ4v) is 4.29. The van der Waals surface area contributed by atoms with Crippen LogP contribution in [-0.2, 0) is 0 Å². The van der Waals surface area contributed by atoms with E-state index in [-0.39, 0.29) is 18.2 Å². The first-order chi connectivity index (χ1) is 20.4. The van der Waals surface area contributed by atoms with Gasteiger partial charge in [0.1, 0.15) is 11.6 Å². The third-order valence-corrected chi connectivity index (χ3v) is 6.78. The third kappa shape index (κ3) is 10.9. The lowest BCUT2D eigenvalue weighted by molar-refractivity contribution is 0.0965. The van der Waals surface area contributed by atoms with Crippen LogP contribution < -0.4 is 16.0 Å². The predicted molar refractivity (Wildman–Crippen MR) is 173 cm³/mol. The van der Waals surface area contributed by atoms with Crippen LogP contribution in [0.15, 0.2) is 111 Å². The van der Waals surface area contributed by atoms with Crippen LogP contribution >= 0.6 is 0 Å².